The van der Waals surface area contributed by atoms with E-state index in [1.807, 2.05) is 67.9 Å². The normalized spacial score (nSPS) is 14.8. The van der Waals surface area contributed by atoms with Gasteiger partial charge in [-0.25, -0.2) is 0 Å². The smallest absolute Gasteiger partial charge is 0.273 e. The van der Waals surface area contributed by atoms with Gasteiger partial charge >= 0.3 is 0 Å². The van der Waals surface area contributed by atoms with Crippen molar-refractivity contribution in [1.82, 2.24) is 20.4 Å². The molecule has 4 aromatic rings. The number of fused-ring (bicyclic) bond motifs is 2. The van der Waals surface area contributed by atoms with Crippen molar-refractivity contribution < 1.29 is 9.59 Å². The van der Waals surface area contributed by atoms with Crippen molar-refractivity contribution in [3.05, 3.63) is 78.0 Å². The van der Waals surface area contributed by atoms with Gasteiger partial charge in [-0.3, -0.25) is 14.3 Å². The Balaban J connectivity index is 1.48. The molecule has 6 nitrogen and oxygen atoms in total. The number of carbonyl (C=O) groups is 2. The molecule has 6 heteroatoms. The molecule has 3 aromatic carbocycles. The van der Waals surface area contributed by atoms with E-state index in [1.165, 1.54) is 10.8 Å². The molecule has 1 atom stereocenters. The van der Waals surface area contributed by atoms with Crippen LogP contribution in [0.4, 0.5) is 0 Å². The number of benzene rings is 3. The highest BCUT2D eigenvalue weighted by atomic mass is 16.2. The molecule has 0 bridgehead atoms. The van der Waals surface area contributed by atoms with Crippen LogP contribution in [0.1, 0.15) is 49.7 Å². The largest absolute Gasteiger partial charge is 0.352 e. The van der Waals surface area contributed by atoms with E-state index in [0.29, 0.717) is 12.2 Å². The molecule has 2 N–H and O–H groups in total. The zero-order chi connectivity index (χ0) is 23.9. The highest BCUT2D eigenvalue weighted by Gasteiger charge is 2.36. The van der Waals surface area contributed by atoms with E-state index in [4.69, 9.17) is 5.10 Å². The first kappa shape index (κ1) is 22.1. The van der Waals surface area contributed by atoms with Crippen molar-refractivity contribution in [2.75, 3.05) is 0 Å². The average Bonchev–Trinajstić information content (AvgIpc) is 3.56. The first-order chi connectivity index (χ1) is 16.3. The van der Waals surface area contributed by atoms with Gasteiger partial charge in [0.15, 0.2) is 5.69 Å². The number of rotatable bonds is 6. The number of hydrogen-bond donors (Lipinski definition) is 2. The number of hydrogen-bond acceptors (Lipinski definition) is 3. The summed E-state index contributed by atoms with van der Waals surface area (Å²) in [6, 6.07) is 21.8. The van der Waals surface area contributed by atoms with Crippen LogP contribution >= 0.6 is 0 Å². The number of carbonyl (C=O) groups excluding carboxylic acids is 2. The van der Waals surface area contributed by atoms with Crippen LogP contribution < -0.4 is 10.6 Å². The van der Waals surface area contributed by atoms with E-state index in [2.05, 4.69) is 34.9 Å². The standard InChI is InChI=1S/C28H30N4O2/c1-28(2,3)25(27(34)29-20-15-16-20)30-26(33)24-22-13-6-7-14-23(22)32(31-24)17-19-11-8-10-18-9-4-5-12-21(18)19/h4-14,20,25H,15-17H2,1-3H3,(H,29,34)(H,30,33)/t25-/m1/s1. The number of para-hydroxylation sites is 1. The van der Waals surface area contributed by atoms with Crippen molar-refractivity contribution in [3.63, 3.8) is 0 Å². The van der Waals surface area contributed by atoms with Gasteiger partial charge in [0, 0.05) is 11.4 Å². The van der Waals surface area contributed by atoms with E-state index in [0.717, 1.165) is 29.3 Å². The van der Waals surface area contributed by atoms with Crippen LogP contribution in [0.5, 0.6) is 0 Å². The summed E-state index contributed by atoms with van der Waals surface area (Å²) in [5, 5.41) is 13.9. The van der Waals surface area contributed by atoms with Crippen LogP contribution in [0.25, 0.3) is 21.7 Å². The summed E-state index contributed by atoms with van der Waals surface area (Å²) in [6.07, 6.45) is 2.00. The zero-order valence-corrected chi connectivity index (χ0v) is 19.8. The number of aromatic nitrogens is 2. The van der Waals surface area contributed by atoms with Crippen molar-refractivity contribution in [1.29, 1.82) is 0 Å². The minimum atomic E-state index is -0.650. The first-order valence-corrected chi connectivity index (χ1v) is 11.8. The lowest BCUT2D eigenvalue weighted by Crippen LogP contribution is -2.54. The molecule has 174 valence electrons. The third kappa shape index (κ3) is 4.40. The predicted octanol–water partition coefficient (Wildman–Crippen LogP) is 4.66. The summed E-state index contributed by atoms with van der Waals surface area (Å²) in [5.41, 5.74) is 1.92. The van der Waals surface area contributed by atoms with Gasteiger partial charge in [-0.2, -0.15) is 5.10 Å². The van der Waals surface area contributed by atoms with Gasteiger partial charge in [-0.05, 0) is 40.7 Å². The molecular weight excluding hydrogens is 424 g/mol. The number of amides is 2. The topological polar surface area (TPSA) is 76.0 Å². The maximum atomic E-state index is 13.4. The molecule has 1 aliphatic carbocycles. The third-order valence-corrected chi connectivity index (χ3v) is 6.40. The zero-order valence-electron chi connectivity index (χ0n) is 19.8. The van der Waals surface area contributed by atoms with Gasteiger partial charge in [0.05, 0.1) is 12.1 Å². The van der Waals surface area contributed by atoms with Gasteiger partial charge in [-0.1, -0.05) is 81.4 Å². The molecule has 34 heavy (non-hydrogen) atoms. The monoisotopic (exact) mass is 454 g/mol. The van der Waals surface area contributed by atoms with Crippen molar-refractivity contribution in [2.24, 2.45) is 5.41 Å². The molecule has 0 spiro atoms. The summed E-state index contributed by atoms with van der Waals surface area (Å²) in [7, 11) is 0. The maximum absolute atomic E-state index is 13.4. The van der Waals surface area contributed by atoms with E-state index in [1.54, 1.807) is 0 Å². The van der Waals surface area contributed by atoms with Crippen molar-refractivity contribution in [3.8, 4) is 0 Å². The van der Waals surface area contributed by atoms with Crippen LogP contribution in [-0.4, -0.2) is 33.7 Å². The van der Waals surface area contributed by atoms with Crippen LogP contribution in [0.3, 0.4) is 0 Å². The second kappa shape index (κ2) is 8.60. The molecular formula is C28H30N4O2. The SMILES string of the molecule is CC(C)(C)[C@H](NC(=O)c1nn(Cc2cccc3ccccc23)c2ccccc12)C(=O)NC1CC1. The summed E-state index contributed by atoms with van der Waals surface area (Å²) in [6.45, 7) is 6.42. The molecule has 0 radical (unpaired) electrons. The Kier molecular flexibility index (Phi) is 5.60. The maximum Gasteiger partial charge on any atom is 0.273 e. The van der Waals surface area contributed by atoms with Crippen LogP contribution in [0.2, 0.25) is 0 Å². The number of nitrogens with zero attached hydrogens (tertiary/aromatic N) is 2. The molecule has 1 heterocycles. The molecule has 0 aliphatic heterocycles. The fourth-order valence-corrected chi connectivity index (χ4v) is 4.39. The quantitative estimate of drug-likeness (QED) is 0.445. The lowest BCUT2D eigenvalue weighted by molar-refractivity contribution is -0.125. The molecule has 5 rings (SSSR count). The van der Waals surface area contributed by atoms with Crippen LogP contribution in [0.15, 0.2) is 66.7 Å². The van der Waals surface area contributed by atoms with Crippen molar-refractivity contribution in [2.45, 2.75) is 52.2 Å². The Hall–Kier alpha value is -3.67. The number of nitrogens with one attached hydrogen (secondary N) is 2. The van der Waals surface area contributed by atoms with E-state index >= 15 is 0 Å². The summed E-state index contributed by atoms with van der Waals surface area (Å²) in [5.74, 6) is -0.471. The Bertz CT molecular complexity index is 1370. The Morgan fingerprint density at radius 3 is 2.38 bits per heavy atom. The molecule has 2 amide bonds. The second-order valence-electron chi connectivity index (χ2n) is 10.2. The molecule has 1 fully saturated rings. The Morgan fingerprint density at radius 1 is 0.971 bits per heavy atom. The van der Waals surface area contributed by atoms with Gasteiger partial charge in [0.1, 0.15) is 6.04 Å². The lowest BCUT2D eigenvalue weighted by Gasteiger charge is -2.30. The van der Waals surface area contributed by atoms with Crippen LogP contribution in [-0.2, 0) is 11.3 Å². The highest BCUT2D eigenvalue weighted by Crippen LogP contribution is 2.26. The highest BCUT2D eigenvalue weighted by molar-refractivity contribution is 6.06. The van der Waals surface area contributed by atoms with Crippen LogP contribution in [0, 0.1) is 5.41 Å². The Morgan fingerprint density at radius 2 is 1.65 bits per heavy atom. The van der Waals surface area contributed by atoms with Gasteiger partial charge in [-0.15, -0.1) is 0 Å². The third-order valence-electron chi connectivity index (χ3n) is 6.40. The average molecular weight is 455 g/mol. The lowest BCUT2D eigenvalue weighted by atomic mass is 9.86. The molecule has 1 aliphatic rings. The fourth-order valence-electron chi connectivity index (χ4n) is 4.39. The van der Waals surface area contributed by atoms with E-state index in [-0.39, 0.29) is 17.9 Å². The Labute approximate surface area is 199 Å². The minimum Gasteiger partial charge on any atom is -0.352 e. The van der Waals surface area contributed by atoms with Gasteiger partial charge in [0.25, 0.3) is 5.91 Å². The summed E-state index contributed by atoms with van der Waals surface area (Å²) >= 11 is 0. The van der Waals surface area contributed by atoms with E-state index in [9.17, 15) is 9.59 Å². The first-order valence-electron chi connectivity index (χ1n) is 11.8. The summed E-state index contributed by atoms with van der Waals surface area (Å²) < 4.78 is 1.88. The predicted molar refractivity (Wildman–Crippen MR) is 135 cm³/mol. The molecule has 0 saturated heterocycles. The molecule has 1 aromatic heterocycles. The minimum absolute atomic E-state index is 0.136. The van der Waals surface area contributed by atoms with Gasteiger partial charge < -0.3 is 10.6 Å². The fraction of sp³-hybridized carbons (Fsp3) is 0.321. The summed E-state index contributed by atoms with van der Waals surface area (Å²) in [4.78, 5) is 26.3. The van der Waals surface area contributed by atoms with E-state index < -0.39 is 11.5 Å². The van der Waals surface area contributed by atoms with Crippen molar-refractivity contribution >= 4 is 33.5 Å². The molecule has 1 saturated carbocycles. The van der Waals surface area contributed by atoms with Gasteiger partial charge in [0.2, 0.25) is 5.91 Å². The molecule has 0 unspecified atom stereocenters. The second-order valence-corrected chi connectivity index (χ2v) is 10.2.